The maximum Gasteiger partial charge on any atom is 0.416 e. The van der Waals surface area contributed by atoms with Crippen LogP contribution in [0.5, 0.6) is 0 Å². The average Bonchev–Trinajstić information content (AvgIpc) is 3.17. The molecule has 0 aromatic heterocycles. The molecule has 10 heteroatoms. The normalized spacial score (nSPS) is 18.2. The van der Waals surface area contributed by atoms with Gasteiger partial charge in [0.05, 0.1) is 28.5 Å². The number of hydrogen-bond acceptors (Lipinski definition) is 5. The molecular formula is C18H16F3NO4S2. The van der Waals surface area contributed by atoms with E-state index in [0.717, 1.165) is 12.1 Å². The fourth-order valence-electron chi connectivity index (χ4n) is 2.82. The van der Waals surface area contributed by atoms with Crippen molar-refractivity contribution in [2.75, 3.05) is 19.4 Å². The Kier molecular flexibility index (Phi) is 5.74. The highest BCUT2D eigenvalue weighted by atomic mass is 32.2. The van der Waals surface area contributed by atoms with Gasteiger partial charge in [-0.25, -0.2) is 13.2 Å². The van der Waals surface area contributed by atoms with E-state index >= 15 is 0 Å². The fraction of sp³-hybridized carbons (Fsp3) is 0.278. The first-order chi connectivity index (χ1) is 13.1. The Morgan fingerprint density at radius 1 is 1.11 bits per heavy atom. The monoisotopic (exact) mass is 431 g/mol. The molecule has 1 aliphatic rings. The van der Waals surface area contributed by atoms with Crippen molar-refractivity contribution in [1.82, 2.24) is 4.31 Å². The van der Waals surface area contributed by atoms with Gasteiger partial charge in [0.1, 0.15) is 0 Å². The van der Waals surface area contributed by atoms with E-state index in [0.29, 0.717) is 11.3 Å². The molecule has 1 saturated heterocycles. The maximum absolute atomic E-state index is 13.0. The number of halogens is 3. The highest BCUT2D eigenvalue weighted by molar-refractivity contribution is 8.01. The van der Waals surface area contributed by atoms with Gasteiger partial charge in [-0.1, -0.05) is 12.1 Å². The quantitative estimate of drug-likeness (QED) is 0.687. The Hall–Kier alpha value is -2.04. The van der Waals surface area contributed by atoms with Gasteiger partial charge in [-0.15, -0.1) is 11.8 Å². The first-order valence-electron chi connectivity index (χ1n) is 8.13. The lowest BCUT2D eigenvalue weighted by Crippen LogP contribution is -2.30. The molecular weight excluding hydrogens is 415 g/mol. The molecule has 1 heterocycles. The van der Waals surface area contributed by atoms with Crippen LogP contribution in [0.15, 0.2) is 53.4 Å². The summed E-state index contributed by atoms with van der Waals surface area (Å²) in [5.41, 5.74) is -0.0890. The summed E-state index contributed by atoms with van der Waals surface area (Å²) in [5, 5.41) is -0.618. The van der Waals surface area contributed by atoms with Crippen molar-refractivity contribution in [2.45, 2.75) is 16.4 Å². The topological polar surface area (TPSA) is 63.7 Å². The summed E-state index contributed by atoms with van der Waals surface area (Å²) in [4.78, 5) is 11.5. The SMILES string of the molecule is COC(=O)c1ccc(S(=O)(=O)N2CCSC2c2ccc(C(F)(F)F)cc2)cc1. The number of ether oxygens (including phenoxy) is 1. The lowest BCUT2D eigenvalue weighted by Gasteiger charge is -2.24. The van der Waals surface area contributed by atoms with E-state index in [-0.39, 0.29) is 17.0 Å². The molecule has 0 aliphatic carbocycles. The number of carbonyl (C=O) groups excluding carboxylic acids is 1. The summed E-state index contributed by atoms with van der Waals surface area (Å²) in [6.45, 7) is 0.234. The number of alkyl halides is 3. The lowest BCUT2D eigenvalue weighted by atomic mass is 10.1. The predicted octanol–water partition coefficient (Wildman–Crippen LogP) is 3.93. The Bertz CT molecular complexity index is 958. The van der Waals surface area contributed by atoms with Gasteiger partial charge in [0.25, 0.3) is 0 Å². The van der Waals surface area contributed by atoms with E-state index in [4.69, 9.17) is 0 Å². The summed E-state index contributed by atoms with van der Waals surface area (Å²) in [6.07, 6.45) is -4.45. The highest BCUT2D eigenvalue weighted by Gasteiger charge is 2.37. The zero-order valence-corrected chi connectivity index (χ0v) is 16.3. The second-order valence-electron chi connectivity index (χ2n) is 5.97. The number of carbonyl (C=O) groups is 1. The van der Waals surface area contributed by atoms with Crippen molar-refractivity contribution in [3.8, 4) is 0 Å². The van der Waals surface area contributed by atoms with E-state index < -0.39 is 33.1 Å². The molecule has 3 rings (SSSR count). The van der Waals surface area contributed by atoms with Gasteiger partial charge < -0.3 is 4.74 Å². The van der Waals surface area contributed by atoms with Crippen LogP contribution in [0, 0.1) is 0 Å². The molecule has 5 nitrogen and oxygen atoms in total. The summed E-state index contributed by atoms with van der Waals surface area (Å²) in [7, 11) is -2.66. The zero-order valence-electron chi connectivity index (χ0n) is 14.6. The van der Waals surface area contributed by atoms with Crippen LogP contribution in [-0.4, -0.2) is 38.1 Å². The van der Waals surface area contributed by atoms with E-state index in [1.807, 2.05) is 0 Å². The van der Waals surface area contributed by atoms with Gasteiger partial charge in [-0.05, 0) is 42.0 Å². The second kappa shape index (κ2) is 7.76. The van der Waals surface area contributed by atoms with E-state index in [1.165, 1.54) is 59.6 Å². The van der Waals surface area contributed by atoms with Crippen LogP contribution in [0.4, 0.5) is 13.2 Å². The van der Waals surface area contributed by atoms with Crippen LogP contribution in [0.2, 0.25) is 0 Å². The third-order valence-electron chi connectivity index (χ3n) is 4.25. The van der Waals surface area contributed by atoms with Crippen molar-refractivity contribution in [1.29, 1.82) is 0 Å². The van der Waals surface area contributed by atoms with Gasteiger partial charge in [0, 0.05) is 12.3 Å². The van der Waals surface area contributed by atoms with Gasteiger partial charge in [-0.3, -0.25) is 0 Å². The third kappa shape index (κ3) is 4.03. The molecule has 0 saturated carbocycles. The molecule has 0 amide bonds. The number of rotatable bonds is 4. The highest BCUT2D eigenvalue weighted by Crippen LogP contribution is 2.42. The zero-order chi connectivity index (χ0) is 20.5. The molecule has 1 unspecified atom stereocenters. The maximum atomic E-state index is 13.0. The molecule has 0 bridgehead atoms. The second-order valence-corrected chi connectivity index (χ2v) is 9.05. The molecule has 0 spiro atoms. The lowest BCUT2D eigenvalue weighted by molar-refractivity contribution is -0.137. The van der Waals surface area contributed by atoms with Crippen LogP contribution in [0.1, 0.15) is 26.9 Å². The van der Waals surface area contributed by atoms with Crippen molar-refractivity contribution < 1.29 is 31.1 Å². The summed E-state index contributed by atoms with van der Waals surface area (Å²) < 4.78 is 70.1. The summed E-state index contributed by atoms with van der Waals surface area (Å²) >= 11 is 1.34. The molecule has 1 aliphatic heterocycles. The number of sulfonamides is 1. The number of esters is 1. The van der Waals surface area contributed by atoms with Crippen LogP contribution >= 0.6 is 11.8 Å². The number of nitrogens with zero attached hydrogens (tertiary/aromatic N) is 1. The number of methoxy groups -OCH3 is 1. The first kappa shape index (κ1) is 20.7. The molecule has 28 heavy (non-hydrogen) atoms. The number of benzene rings is 2. The van der Waals surface area contributed by atoms with Crippen LogP contribution in [0.3, 0.4) is 0 Å². The number of thioether (sulfide) groups is 1. The molecule has 2 aromatic rings. The van der Waals surface area contributed by atoms with Crippen molar-refractivity contribution in [3.63, 3.8) is 0 Å². The van der Waals surface area contributed by atoms with Crippen LogP contribution in [-0.2, 0) is 20.9 Å². The summed E-state index contributed by atoms with van der Waals surface area (Å²) in [5.74, 6) is -0.0613. The van der Waals surface area contributed by atoms with Crippen molar-refractivity contribution >= 4 is 27.8 Å². The van der Waals surface area contributed by atoms with Gasteiger partial charge in [-0.2, -0.15) is 17.5 Å². The smallest absolute Gasteiger partial charge is 0.416 e. The third-order valence-corrected chi connectivity index (χ3v) is 7.53. The molecule has 2 aromatic carbocycles. The standard InChI is InChI=1S/C18H16F3NO4S2/c1-26-17(23)13-4-8-15(9-5-13)28(24,25)22-10-11-27-16(22)12-2-6-14(7-3-12)18(19,20)21/h2-9,16H,10-11H2,1H3. The molecule has 0 radical (unpaired) electrons. The Labute approximate surface area is 164 Å². The molecule has 1 fully saturated rings. The Morgan fingerprint density at radius 2 is 1.71 bits per heavy atom. The van der Waals surface area contributed by atoms with Crippen molar-refractivity contribution in [3.05, 3.63) is 65.2 Å². The fourth-order valence-corrected chi connectivity index (χ4v) is 6.06. The minimum absolute atomic E-state index is 0.000403. The average molecular weight is 431 g/mol. The van der Waals surface area contributed by atoms with E-state index in [1.54, 1.807) is 0 Å². The number of hydrogen-bond donors (Lipinski definition) is 0. The van der Waals surface area contributed by atoms with Crippen LogP contribution < -0.4 is 0 Å². The predicted molar refractivity (Wildman–Crippen MR) is 98.3 cm³/mol. The van der Waals surface area contributed by atoms with Crippen molar-refractivity contribution in [2.24, 2.45) is 0 Å². The van der Waals surface area contributed by atoms with Crippen LogP contribution in [0.25, 0.3) is 0 Å². The Balaban J connectivity index is 1.88. The minimum atomic E-state index is -4.45. The van der Waals surface area contributed by atoms with Gasteiger partial charge in [0.15, 0.2) is 0 Å². The molecule has 1 atom stereocenters. The molecule has 150 valence electrons. The van der Waals surface area contributed by atoms with E-state index in [2.05, 4.69) is 4.74 Å². The van der Waals surface area contributed by atoms with Gasteiger partial charge >= 0.3 is 12.1 Å². The first-order valence-corrected chi connectivity index (χ1v) is 10.6. The largest absolute Gasteiger partial charge is 0.465 e. The van der Waals surface area contributed by atoms with Gasteiger partial charge in [0.2, 0.25) is 10.0 Å². The Morgan fingerprint density at radius 3 is 2.25 bits per heavy atom. The van der Waals surface area contributed by atoms with E-state index in [9.17, 15) is 26.4 Å². The minimum Gasteiger partial charge on any atom is -0.465 e. The summed E-state index contributed by atoms with van der Waals surface area (Å²) in [6, 6.07) is 9.84. The molecule has 0 N–H and O–H groups in total.